The third-order valence-corrected chi connectivity index (χ3v) is 11.5. The summed E-state index contributed by atoms with van der Waals surface area (Å²) in [6, 6.07) is 19.7. The summed E-state index contributed by atoms with van der Waals surface area (Å²) < 4.78 is 3.40. The Kier molecular flexibility index (Phi) is 7.79. The van der Waals surface area contributed by atoms with Crippen LogP contribution >= 0.6 is 22.2 Å². The fraction of sp³-hybridized carbons (Fsp3) is 0.167. The predicted octanol–water partition coefficient (Wildman–Crippen LogP) is 6.26. The summed E-state index contributed by atoms with van der Waals surface area (Å²) >= 11 is 13.0. The van der Waals surface area contributed by atoms with E-state index in [0.29, 0.717) is 0 Å². The Morgan fingerprint density at radius 2 is 1.07 bits per heavy atom. The normalized spacial score (nSPS) is 15.7. The first-order valence-corrected chi connectivity index (χ1v) is 15.0. The van der Waals surface area contributed by atoms with Crippen molar-refractivity contribution in [2.24, 2.45) is 0 Å². The minimum absolute atomic E-state index is 0.0450. The molecule has 2 aromatic carbocycles. The van der Waals surface area contributed by atoms with E-state index in [-0.39, 0.29) is 19.2 Å². The van der Waals surface area contributed by atoms with Crippen LogP contribution in [0.5, 0.6) is 0 Å². The van der Waals surface area contributed by atoms with Crippen molar-refractivity contribution >= 4 is 39.2 Å². The van der Waals surface area contributed by atoms with Crippen LogP contribution in [-0.2, 0) is 19.2 Å². The van der Waals surface area contributed by atoms with Gasteiger partial charge in [-0.25, -0.2) is 0 Å². The molecule has 0 amide bonds. The molecule has 0 spiro atoms. The van der Waals surface area contributed by atoms with E-state index in [1.54, 1.807) is 7.76 Å². The van der Waals surface area contributed by atoms with Crippen molar-refractivity contribution < 1.29 is 19.2 Å². The summed E-state index contributed by atoms with van der Waals surface area (Å²) in [4.78, 5) is 0. The second-order valence-electron chi connectivity index (χ2n) is 7.08. The Balaban J connectivity index is 0.000000162. The molecule has 0 bridgehead atoms. The van der Waals surface area contributed by atoms with E-state index in [9.17, 15) is 0 Å². The molecule has 4 rings (SSSR count). The molecule has 142 valence electrons. The van der Waals surface area contributed by atoms with E-state index in [1.807, 2.05) is 60.7 Å². The zero-order valence-corrected chi connectivity index (χ0v) is 20.3. The first kappa shape index (κ1) is 21.6. The SMILES string of the molecule is CC1=CC[C]([Ti][C]2=CC(C)=CC2)=C1.Cl[Si](Cl)(c1ccccc1)c1ccccc1. The number of allylic oxidation sites excluding steroid dienone is 8. The van der Waals surface area contributed by atoms with Gasteiger partial charge in [0.05, 0.1) is 0 Å². The average Bonchev–Trinajstić information content (AvgIpc) is 3.31. The minimum atomic E-state index is -2.51. The van der Waals surface area contributed by atoms with Crippen molar-refractivity contribution in [3.63, 3.8) is 0 Å². The predicted molar refractivity (Wildman–Crippen MR) is 123 cm³/mol. The van der Waals surface area contributed by atoms with Gasteiger partial charge >= 0.3 is 95.7 Å². The van der Waals surface area contributed by atoms with E-state index in [0.717, 1.165) is 10.4 Å². The molecule has 0 radical (unpaired) electrons. The van der Waals surface area contributed by atoms with Gasteiger partial charge in [-0.3, -0.25) is 0 Å². The minimum Gasteiger partial charge on any atom is -0.134 e. The van der Waals surface area contributed by atoms with Gasteiger partial charge < -0.3 is 0 Å². The number of benzene rings is 2. The van der Waals surface area contributed by atoms with Crippen LogP contribution in [0.25, 0.3) is 0 Å². The molecule has 0 atom stereocenters. The van der Waals surface area contributed by atoms with Crippen LogP contribution in [0.2, 0.25) is 0 Å². The van der Waals surface area contributed by atoms with Gasteiger partial charge in [0.25, 0.3) is 0 Å². The molecule has 2 aliphatic carbocycles. The molecule has 0 aliphatic heterocycles. The van der Waals surface area contributed by atoms with Gasteiger partial charge in [0.1, 0.15) is 0 Å². The first-order valence-electron chi connectivity index (χ1n) is 9.45. The molecule has 0 heterocycles. The van der Waals surface area contributed by atoms with Crippen molar-refractivity contribution in [3.05, 3.63) is 104 Å². The zero-order valence-electron chi connectivity index (χ0n) is 16.3. The van der Waals surface area contributed by atoms with Crippen LogP contribution in [0.3, 0.4) is 0 Å². The summed E-state index contributed by atoms with van der Waals surface area (Å²) in [6.45, 7) is 1.89. The number of rotatable bonds is 4. The molecule has 4 heteroatoms. The van der Waals surface area contributed by atoms with Crippen molar-refractivity contribution in [1.82, 2.24) is 0 Å². The van der Waals surface area contributed by atoms with Gasteiger partial charge in [0, 0.05) is 0 Å². The fourth-order valence-electron chi connectivity index (χ4n) is 3.17. The summed E-state index contributed by atoms with van der Waals surface area (Å²) in [7, 11) is 0. The van der Waals surface area contributed by atoms with Crippen LogP contribution in [0.4, 0.5) is 0 Å². The Morgan fingerprint density at radius 1 is 0.679 bits per heavy atom. The van der Waals surface area contributed by atoms with E-state index in [4.69, 9.17) is 22.2 Å². The summed E-state index contributed by atoms with van der Waals surface area (Å²) in [6.07, 6.45) is 11.9. The third kappa shape index (κ3) is 5.95. The smallest absolute Gasteiger partial charge is 0.134 e. The quantitative estimate of drug-likeness (QED) is 0.374. The largest absolute Gasteiger partial charge is 0.310 e. The molecule has 0 unspecified atom stereocenters. The average molecular weight is 459 g/mol. The number of halogens is 2. The monoisotopic (exact) mass is 458 g/mol. The van der Waals surface area contributed by atoms with Crippen LogP contribution in [-0.4, -0.2) is 6.69 Å². The maximum absolute atomic E-state index is 6.49. The topological polar surface area (TPSA) is 0 Å². The van der Waals surface area contributed by atoms with Gasteiger partial charge in [-0.2, -0.15) is 0 Å². The standard InChI is InChI=1S/C12H10Cl2Si.2C6H7.Ti/c13-15(14,11-7-3-1-4-8-11)12-9-5-2-6-10-12;2*1-6-4-2-3-5-6;/h1-10H;2*4-5H,2H2,1H3;. The first-order chi connectivity index (χ1) is 13.4. The molecule has 0 nitrogen and oxygen atoms in total. The van der Waals surface area contributed by atoms with Crippen LogP contribution in [0.1, 0.15) is 26.7 Å². The van der Waals surface area contributed by atoms with Crippen molar-refractivity contribution in [3.8, 4) is 0 Å². The zero-order chi connectivity index (χ0) is 20.0. The van der Waals surface area contributed by atoms with E-state index in [1.165, 1.54) is 24.0 Å². The summed E-state index contributed by atoms with van der Waals surface area (Å²) in [5, 5.41) is 2.05. The van der Waals surface area contributed by atoms with E-state index in [2.05, 4.69) is 38.2 Å². The molecule has 0 N–H and O–H groups in total. The molecule has 0 saturated carbocycles. The summed E-state index contributed by atoms with van der Waals surface area (Å²) in [5.74, 6) is 0. The van der Waals surface area contributed by atoms with E-state index < -0.39 is 6.69 Å². The maximum atomic E-state index is 6.49. The number of hydrogen-bond acceptors (Lipinski definition) is 0. The van der Waals surface area contributed by atoms with Crippen LogP contribution < -0.4 is 10.4 Å². The van der Waals surface area contributed by atoms with Crippen molar-refractivity contribution in [1.29, 1.82) is 0 Å². The fourth-order valence-corrected chi connectivity index (χ4v) is 8.45. The Morgan fingerprint density at radius 3 is 1.39 bits per heavy atom. The van der Waals surface area contributed by atoms with Crippen LogP contribution in [0.15, 0.2) is 104 Å². The van der Waals surface area contributed by atoms with Gasteiger partial charge in [-0.05, 0) is 10.4 Å². The van der Waals surface area contributed by atoms with Gasteiger partial charge in [-0.1, -0.05) is 60.7 Å². The molecular weight excluding hydrogens is 435 g/mol. The molecule has 2 aliphatic rings. The molecule has 0 saturated heterocycles. The maximum Gasteiger partial charge on any atom is 0.310 e. The summed E-state index contributed by atoms with van der Waals surface area (Å²) in [5.41, 5.74) is 2.92. The molecule has 0 aromatic heterocycles. The Labute approximate surface area is 188 Å². The van der Waals surface area contributed by atoms with Crippen LogP contribution in [0, 0.1) is 0 Å². The van der Waals surface area contributed by atoms with Gasteiger partial charge in [0.15, 0.2) is 0 Å². The second kappa shape index (κ2) is 10.1. The molecule has 0 fully saturated rings. The third-order valence-electron chi connectivity index (χ3n) is 4.69. The van der Waals surface area contributed by atoms with Crippen molar-refractivity contribution in [2.45, 2.75) is 26.7 Å². The Hall–Kier alpha value is -1.09. The van der Waals surface area contributed by atoms with Crippen molar-refractivity contribution in [2.75, 3.05) is 0 Å². The number of hydrogen-bond donors (Lipinski definition) is 0. The van der Waals surface area contributed by atoms with E-state index >= 15 is 0 Å². The van der Waals surface area contributed by atoms with Gasteiger partial charge in [0.2, 0.25) is 0 Å². The second-order valence-corrected chi connectivity index (χ2v) is 15.8. The Bertz CT molecular complexity index is 850. The molecular formula is C24H24Cl2SiTi. The molecule has 2 aromatic rings. The molecule has 28 heavy (non-hydrogen) atoms. The van der Waals surface area contributed by atoms with Gasteiger partial charge in [-0.15, -0.1) is 22.2 Å².